The van der Waals surface area contributed by atoms with Crippen molar-refractivity contribution in [3.05, 3.63) is 41.2 Å². The Labute approximate surface area is 203 Å². The number of rotatable bonds is 4. The van der Waals surface area contributed by atoms with Crippen LogP contribution in [0.2, 0.25) is 5.02 Å². The minimum absolute atomic E-state index is 0.0756. The van der Waals surface area contributed by atoms with Gasteiger partial charge in [0.15, 0.2) is 5.82 Å². The zero-order valence-corrected chi connectivity index (χ0v) is 19.8. The van der Waals surface area contributed by atoms with Crippen LogP contribution in [0.25, 0.3) is 0 Å². The van der Waals surface area contributed by atoms with Gasteiger partial charge in [0, 0.05) is 37.5 Å². The maximum Gasteiger partial charge on any atom is 0.320 e. The molecule has 3 atom stereocenters. The zero-order chi connectivity index (χ0) is 23.0. The van der Waals surface area contributed by atoms with Crippen molar-refractivity contribution in [3.8, 4) is 5.75 Å². The number of urea groups is 1. The molecule has 3 aliphatic carbocycles. The average molecular weight is 486 g/mol. The number of amides is 2. The molecule has 1 aromatic heterocycles. The van der Waals surface area contributed by atoms with E-state index < -0.39 is 0 Å². The van der Waals surface area contributed by atoms with Crippen LogP contribution < -0.4 is 4.74 Å². The maximum absolute atomic E-state index is 13.3. The Morgan fingerprint density at radius 1 is 1.12 bits per heavy atom. The second-order valence-corrected chi connectivity index (χ2v) is 11.7. The Balaban J connectivity index is 0.884. The van der Waals surface area contributed by atoms with E-state index in [1.54, 1.807) is 6.07 Å². The molecule has 3 saturated carbocycles. The van der Waals surface area contributed by atoms with Crippen LogP contribution in [0, 0.1) is 23.1 Å². The largest absolute Gasteiger partial charge is 0.489 e. The number of benzene rings is 1. The van der Waals surface area contributed by atoms with Gasteiger partial charge in [-0.1, -0.05) is 11.6 Å². The number of hydrogen-bond donors (Lipinski definition) is 0. The van der Waals surface area contributed by atoms with Crippen LogP contribution in [0.15, 0.2) is 24.5 Å². The Hall–Kier alpha value is -2.35. The number of aromatic nitrogens is 3. The molecule has 2 saturated heterocycles. The summed E-state index contributed by atoms with van der Waals surface area (Å²) in [6.07, 6.45) is 8.45. The lowest BCUT2D eigenvalue weighted by atomic mass is 9.61. The van der Waals surface area contributed by atoms with Crippen molar-refractivity contribution in [2.24, 2.45) is 17.3 Å². The van der Waals surface area contributed by atoms with Gasteiger partial charge >= 0.3 is 6.03 Å². The standard InChI is InChI=1S/C25H29ClFN5O2/c26-21-7-18(27)3-4-22(21)34-20-5-16-10-30(11-17(16)6-20)24(33)31-12-25(13-31)8-19(9-25)32-14-28-23(29-32)15-1-2-15/h3-4,7,14-17,19-20H,1-2,5-6,8-13H2/t16-,17+,20?. The highest BCUT2D eigenvalue weighted by Crippen LogP contribution is 2.54. The molecule has 7 rings (SSSR count). The third-order valence-electron chi connectivity index (χ3n) is 8.67. The van der Waals surface area contributed by atoms with E-state index in [-0.39, 0.29) is 23.4 Å². The zero-order valence-electron chi connectivity index (χ0n) is 19.1. The molecule has 2 aliphatic heterocycles. The summed E-state index contributed by atoms with van der Waals surface area (Å²) in [5.74, 6) is 2.71. The van der Waals surface area contributed by atoms with E-state index in [1.807, 2.05) is 16.1 Å². The molecule has 5 fully saturated rings. The second-order valence-electron chi connectivity index (χ2n) is 11.3. The molecule has 1 aromatic carbocycles. The van der Waals surface area contributed by atoms with Crippen molar-refractivity contribution in [3.63, 3.8) is 0 Å². The number of ether oxygens (including phenoxy) is 1. The number of nitrogens with zero attached hydrogens (tertiary/aromatic N) is 5. The van der Waals surface area contributed by atoms with E-state index >= 15 is 0 Å². The van der Waals surface area contributed by atoms with Crippen LogP contribution in [0.4, 0.5) is 9.18 Å². The summed E-state index contributed by atoms with van der Waals surface area (Å²) in [7, 11) is 0. The molecule has 0 N–H and O–H groups in total. The first-order valence-electron chi connectivity index (χ1n) is 12.5. The van der Waals surface area contributed by atoms with Gasteiger partial charge in [-0.15, -0.1) is 0 Å². The smallest absolute Gasteiger partial charge is 0.320 e. The highest BCUT2D eigenvalue weighted by atomic mass is 35.5. The number of hydrogen-bond acceptors (Lipinski definition) is 4. The van der Waals surface area contributed by atoms with E-state index in [2.05, 4.69) is 9.67 Å². The summed E-state index contributed by atoms with van der Waals surface area (Å²) < 4.78 is 21.4. The van der Waals surface area contributed by atoms with Gasteiger partial charge < -0.3 is 14.5 Å². The molecule has 3 heterocycles. The number of carbonyl (C=O) groups excluding carboxylic acids is 1. The van der Waals surface area contributed by atoms with Crippen molar-refractivity contribution >= 4 is 17.6 Å². The Kier molecular flexibility index (Phi) is 4.67. The van der Waals surface area contributed by atoms with E-state index in [0.29, 0.717) is 34.6 Å². The number of fused-ring (bicyclic) bond motifs is 1. The Morgan fingerprint density at radius 2 is 1.85 bits per heavy atom. The lowest BCUT2D eigenvalue weighted by Gasteiger charge is -2.59. The Bertz CT molecular complexity index is 1110. The molecule has 7 nitrogen and oxygen atoms in total. The van der Waals surface area contributed by atoms with Crippen molar-refractivity contribution in [2.75, 3.05) is 26.2 Å². The summed E-state index contributed by atoms with van der Waals surface area (Å²) in [4.78, 5) is 21.7. The summed E-state index contributed by atoms with van der Waals surface area (Å²) >= 11 is 6.12. The van der Waals surface area contributed by atoms with Gasteiger partial charge in [-0.2, -0.15) is 5.10 Å². The van der Waals surface area contributed by atoms with Crippen molar-refractivity contribution in [1.29, 1.82) is 0 Å². The van der Waals surface area contributed by atoms with Gasteiger partial charge in [-0.25, -0.2) is 18.9 Å². The summed E-state index contributed by atoms with van der Waals surface area (Å²) in [6, 6.07) is 4.89. The summed E-state index contributed by atoms with van der Waals surface area (Å²) in [5, 5.41) is 5.00. The van der Waals surface area contributed by atoms with Gasteiger partial charge in [0.25, 0.3) is 0 Å². The van der Waals surface area contributed by atoms with Gasteiger partial charge in [0.1, 0.15) is 17.9 Å². The van der Waals surface area contributed by atoms with Gasteiger partial charge in [0.05, 0.1) is 17.2 Å². The monoisotopic (exact) mass is 485 g/mol. The van der Waals surface area contributed by atoms with Crippen LogP contribution in [0.5, 0.6) is 5.75 Å². The van der Waals surface area contributed by atoms with Gasteiger partial charge in [-0.05, 0) is 68.6 Å². The second kappa shape index (κ2) is 7.57. The maximum atomic E-state index is 13.3. The average Bonchev–Trinajstić information content (AvgIpc) is 3.17. The fourth-order valence-corrected chi connectivity index (χ4v) is 6.94. The Morgan fingerprint density at radius 3 is 2.53 bits per heavy atom. The van der Waals surface area contributed by atoms with Crippen LogP contribution in [0.3, 0.4) is 0 Å². The molecule has 5 aliphatic rings. The summed E-state index contributed by atoms with van der Waals surface area (Å²) in [5.41, 5.74) is 0.287. The van der Waals surface area contributed by atoms with Gasteiger partial charge in [-0.3, -0.25) is 0 Å². The third-order valence-corrected chi connectivity index (χ3v) is 8.96. The fraction of sp³-hybridized carbons (Fsp3) is 0.640. The first-order valence-corrected chi connectivity index (χ1v) is 12.9. The van der Waals surface area contributed by atoms with Crippen LogP contribution >= 0.6 is 11.6 Å². The van der Waals surface area contributed by atoms with E-state index in [1.165, 1.54) is 25.0 Å². The molecule has 1 unspecified atom stereocenters. The normalized spacial score (nSPS) is 29.8. The SMILES string of the molecule is O=C(N1C[C@H]2CC(Oc3ccc(F)cc3Cl)C[C@H]2C1)N1CC2(CC(n3cnc(C4CC4)n3)C2)C1. The topological polar surface area (TPSA) is 63.5 Å². The molecule has 9 heteroatoms. The predicted molar refractivity (Wildman–Crippen MR) is 123 cm³/mol. The number of likely N-dealkylation sites (tertiary alicyclic amines) is 2. The lowest BCUT2D eigenvalue weighted by molar-refractivity contribution is -0.0735. The molecular formula is C25H29ClFN5O2. The summed E-state index contributed by atoms with van der Waals surface area (Å²) in [6.45, 7) is 3.34. The van der Waals surface area contributed by atoms with Crippen LogP contribution in [0.1, 0.15) is 56.3 Å². The molecule has 0 radical (unpaired) electrons. The predicted octanol–water partition coefficient (Wildman–Crippen LogP) is 4.49. The molecule has 34 heavy (non-hydrogen) atoms. The van der Waals surface area contributed by atoms with Crippen molar-refractivity contribution < 1.29 is 13.9 Å². The molecular weight excluding hydrogens is 457 g/mol. The molecule has 2 aromatic rings. The van der Waals surface area contributed by atoms with Crippen LogP contribution in [-0.2, 0) is 0 Å². The van der Waals surface area contributed by atoms with Crippen molar-refractivity contribution in [2.45, 2.75) is 56.6 Å². The van der Waals surface area contributed by atoms with Crippen molar-refractivity contribution in [1.82, 2.24) is 24.6 Å². The lowest BCUT2D eigenvalue weighted by Crippen LogP contribution is -2.65. The molecule has 1 spiro atoms. The minimum atomic E-state index is -0.360. The van der Waals surface area contributed by atoms with Crippen LogP contribution in [-0.4, -0.2) is 62.9 Å². The van der Waals surface area contributed by atoms with E-state index in [9.17, 15) is 9.18 Å². The minimum Gasteiger partial charge on any atom is -0.489 e. The molecule has 2 amide bonds. The third kappa shape index (κ3) is 3.56. The van der Waals surface area contributed by atoms with E-state index in [4.69, 9.17) is 21.4 Å². The van der Waals surface area contributed by atoms with Gasteiger partial charge in [0.2, 0.25) is 0 Å². The molecule has 180 valence electrons. The first kappa shape index (κ1) is 21.0. The fourth-order valence-electron chi connectivity index (χ4n) is 6.72. The number of halogens is 2. The molecule has 0 bridgehead atoms. The highest BCUT2D eigenvalue weighted by Gasteiger charge is 2.56. The number of carbonyl (C=O) groups is 1. The van der Waals surface area contributed by atoms with E-state index in [0.717, 1.165) is 57.7 Å². The quantitative estimate of drug-likeness (QED) is 0.640. The first-order chi connectivity index (χ1) is 16.4. The highest BCUT2D eigenvalue weighted by molar-refractivity contribution is 6.32.